The van der Waals surface area contributed by atoms with Gasteiger partial charge in [-0.25, -0.2) is 4.68 Å². The van der Waals surface area contributed by atoms with Crippen LogP contribution in [0.4, 0.5) is 0 Å². The second-order valence-electron chi connectivity index (χ2n) is 9.45. The maximum Gasteiger partial charge on any atom is 0.234 e. The summed E-state index contributed by atoms with van der Waals surface area (Å²) in [5.41, 5.74) is 2.84. The molecule has 1 saturated heterocycles. The fourth-order valence-corrected chi connectivity index (χ4v) is 6.66. The molecular formula is C26H32N2O3S. The summed E-state index contributed by atoms with van der Waals surface area (Å²) in [5, 5.41) is 4.87. The molecule has 2 aromatic carbocycles. The Morgan fingerprint density at radius 1 is 0.906 bits per heavy atom. The van der Waals surface area contributed by atoms with Crippen LogP contribution in [0, 0.1) is 0 Å². The molecule has 0 aliphatic carbocycles. The monoisotopic (exact) mass is 452 g/mol. The molecule has 0 radical (unpaired) electrons. The Morgan fingerprint density at radius 2 is 1.56 bits per heavy atom. The van der Waals surface area contributed by atoms with E-state index in [2.05, 4.69) is 27.7 Å². The van der Waals surface area contributed by atoms with Crippen LogP contribution in [0.5, 0.6) is 17.4 Å². The van der Waals surface area contributed by atoms with E-state index in [-0.39, 0.29) is 15.6 Å². The molecule has 0 amide bonds. The number of hydrogen-bond acceptors (Lipinski definition) is 5. The number of ether oxygens (including phenoxy) is 3. The molecule has 1 fully saturated rings. The predicted octanol–water partition coefficient (Wildman–Crippen LogP) is 6.39. The van der Waals surface area contributed by atoms with Crippen molar-refractivity contribution in [3.8, 4) is 34.3 Å². The van der Waals surface area contributed by atoms with Gasteiger partial charge in [-0.05, 0) is 49.2 Å². The molecule has 2 heterocycles. The molecule has 170 valence electrons. The van der Waals surface area contributed by atoms with Gasteiger partial charge in [-0.15, -0.1) is 16.9 Å². The van der Waals surface area contributed by atoms with E-state index in [1.54, 1.807) is 14.2 Å². The Morgan fingerprint density at radius 3 is 2.19 bits per heavy atom. The Balaban J connectivity index is 1.74. The van der Waals surface area contributed by atoms with E-state index in [1.807, 2.05) is 71.0 Å². The Labute approximate surface area is 195 Å². The lowest BCUT2D eigenvalue weighted by atomic mass is 9.95. The van der Waals surface area contributed by atoms with Crippen LogP contribution in [0.15, 0.2) is 54.6 Å². The van der Waals surface area contributed by atoms with E-state index in [4.69, 9.17) is 19.3 Å². The first-order valence-corrected chi connectivity index (χ1v) is 11.8. The van der Waals surface area contributed by atoms with E-state index in [0.717, 1.165) is 41.3 Å². The summed E-state index contributed by atoms with van der Waals surface area (Å²) in [5.74, 6) is 2.20. The summed E-state index contributed by atoms with van der Waals surface area (Å²) in [7, 11) is 3.35. The summed E-state index contributed by atoms with van der Waals surface area (Å²) in [6, 6.07) is 17.9. The number of thioether (sulfide) groups is 1. The maximum absolute atomic E-state index is 6.50. The molecular weight excluding hydrogens is 420 g/mol. The highest BCUT2D eigenvalue weighted by molar-refractivity contribution is 8.01. The zero-order valence-corrected chi connectivity index (χ0v) is 20.5. The SMILES string of the molecule is COc1ccc(-c2cc(OC3CC(C)(C)SC(C)(C)C3)nn2-c2ccccc2OC)cc1. The minimum absolute atomic E-state index is 0.117. The average Bonchev–Trinajstić information content (AvgIpc) is 3.14. The number of para-hydroxylation sites is 2. The third-order valence-electron chi connectivity index (χ3n) is 5.66. The quantitative estimate of drug-likeness (QED) is 0.434. The van der Waals surface area contributed by atoms with Crippen LogP contribution < -0.4 is 14.2 Å². The molecule has 3 aromatic rings. The van der Waals surface area contributed by atoms with Crippen LogP contribution in [-0.4, -0.2) is 39.6 Å². The maximum atomic E-state index is 6.50. The topological polar surface area (TPSA) is 45.5 Å². The first-order valence-electron chi connectivity index (χ1n) is 10.9. The largest absolute Gasteiger partial charge is 0.497 e. The van der Waals surface area contributed by atoms with Crippen molar-refractivity contribution in [3.63, 3.8) is 0 Å². The molecule has 6 heteroatoms. The van der Waals surface area contributed by atoms with E-state index < -0.39 is 0 Å². The molecule has 1 aromatic heterocycles. The lowest BCUT2D eigenvalue weighted by Crippen LogP contribution is -2.41. The molecule has 4 rings (SSSR count). The van der Waals surface area contributed by atoms with Crippen LogP contribution in [0.3, 0.4) is 0 Å². The average molecular weight is 453 g/mol. The van der Waals surface area contributed by atoms with Crippen molar-refractivity contribution in [3.05, 3.63) is 54.6 Å². The van der Waals surface area contributed by atoms with Gasteiger partial charge in [0.05, 0.1) is 19.9 Å². The van der Waals surface area contributed by atoms with E-state index in [9.17, 15) is 0 Å². The second kappa shape index (κ2) is 8.74. The van der Waals surface area contributed by atoms with Crippen LogP contribution in [-0.2, 0) is 0 Å². The molecule has 5 nitrogen and oxygen atoms in total. The molecule has 1 aliphatic heterocycles. The summed E-state index contributed by atoms with van der Waals surface area (Å²) in [6.07, 6.45) is 2.09. The van der Waals surface area contributed by atoms with Crippen molar-refractivity contribution in [2.75, 3.05) is 14.2 Å². The smallest absolute Gasteiger partial charge is 0.234 e. The number of hydrogen-bond donors (Lipinski definition) is 0. The normalized spacial score (nSPS) is 17.7. The van der Waals surface area contributed by atoms with Gasteiger partial charge in [-0.2, -0.15) is 0 Å². The summed E-state index contributed by atoms with van der Waals surface area (Å²) in [6.45, 7) is 9.19. The van der Waals surface area contributed by atoms with Crippen molar-refractivity contribution < 1.29 is 14.2 Å². The highest BCUT2D eigenvalue weighted by Gasteiger charge is 2.40. The van der Waals surface area contributed by atoms with Crippen LogP contribution in [0.1, 0.15) is 40.5 Å². The summed E-state index contributed by atoms with van der Waals surface area (Å²) >= 11 is 2.04. The molecule has 0 unspecified atom stereocenters. The number of benzene rings is 2. The van der Waals surface area contributed by atoms with Crippen molar-refractivity contribution in [2.24, 2.45) is 0 Å². The standard InChI is InChI=1S/C26H32N2O3S/c1-25(2)16-20(17-26(3,4)32-25)31-24-15-22(18-11-13-19(29-5)14-12-18)28(27-24)21-9-7-8-10-23(21)30-6/h7-15,20H,16-17H2,1-6H3. The molecule has 1 aliphatic rings. The molecule has 32 heavy (non-hydrogen) atoms. The van der Waals surface area contributed by atoms with Gasteiger partial charge in [0.25, 0.3) is 0 Å². The van der Waals surface area contributed by atoms with Crippen LogP contribution >= 0.6 is 11.8 Å². The zero-order valence-electron chi connectivity index (χ0n) is 19.7. The Hall–Kier alpha value is -2.60. The number of aromatic nitrogens is 2. The van der Waals surface area contributed by atoms with Gasteiger partial charge in [0.15, 0.2) is 0 Å². The third kappa shape index (κ3) is 4.90. The Bertz CT molecular complexity index is 1060. The Kier molecular flexibility index (Phi) is 6.17. The zero-order chi connectivity index (χ0) is 22.9. The minimum Gasteiger partial charge on any atom is -0.497 e. The summed E-state index contributed by atoms with van der Waals surface area (Å²) < 4.78 is 19.7. The second-order valence-corrected chi connectivity index (χ2v) is 11.9. The lowest BCUT2D eigenvalue weighted by molar-refractivity contribution is 0.145. The number of rotatable bonds is 6. The predicted molar refractivity (Wildman–Crippen MR) is 132 cm³/mol. The molecule has 0 saturated carbocycles. The highest BCUT2D eigenvalue weighted by Crippen LogP contribution is 2.48. The first kappa shape index (κ1) is 22.6. The van der Waals surface area contributed by atoms with Gasteiger partial charge in [0, 0.05) is 21.1 Å². The van der Waals surface area contributed by atoms with E-state index in [0.29, 0.717) is 5.88 Å². The van der Waals surface area contributed by atoms with Gasteiger partial charge in [-0.1, -0.05) is 39.8 Å². The molecule has 0 spiro atoms. The third-order valence-corrected chi connectivity index (χ3v) is 7.10. The highest BCUT2D eigenvalue weighted by atomic mass is 32.2. The van der Waals surface area contributed by atoms with Gasteiger partial charge in [0.2, 0.25) is 5.88 Å². The van der Waals surface area contributed by atoms with Crippen molar-refractivity contribution in [1.82, 2.24) is 9.78 Å². The van der Waals surface area contributed by atoms with Crippen LogP contribution in [0.2, 0.25) is 0 Å². The lowest BCUT2D eigenvalue weighted by Gasteiger charge is -2.43. The first-order chi connectivity index (χ1) is 15.2. The fourth-order valence-electron chi connectivity index (χ4n) is 4.63. The van der Waals surface area contributed by atoms with Crippen molar-refractivity contribution in [1.29, 1.82) is 0 Å². The number of methoxy groups -OCH3 is 2. The van der Waals surface area contributed by atoms with Gasteiger partial charge < -0.3 is 14.2 Å². The van der Waals surface area contributed by atoms with Gasteiger partial charge >= 0.3 is 0 Å². The van der Waals surface area contributed by atoms with Crippen molar-refractivity contribution >= 4 is 11.8 Å². The minimum atomic E-state index is 0.117. The van der Waals surface area contributed by atoms with Crippen molar-refractivity contribution in [2.45, 2.75) is 56.1 Å². The molecule has 0 N–H and O–H groups in total. The molecule has 0 bridgehead atoms. The fraction of sp³-hybridized carbons (Fsp3) is 0.423. The van der Waals surface area contributed by atoms with Gasteiger partial charge in [0.1, 0.15) is 23.3 Å². The summed E-state index contributed by atoms with van der Waals surface area (Å²) in [4.78, 5) is 0. The van der Waals surface area contributed by atoms with Crippen LogP contribution in [0.25, 0.3) is 16.9 Å². The molecule has 0 atom stereocenters. The number of nitrogens with zero attached hydrogens (tertiary/aromatic N) is 2. The van der Waals surface area contributed by atoms with Gasteiger partial charge in [-0.3, -0.25) is 0 Å². The van der Waals surface area contributed by atoms with E-state index in [1.165, 1.54) is 0 Å². The van der Waals surface area contributed by atoms with E-state index >= 15 is 0 Å².